The Kier molecular flexibility index (Phi) is 15.4. The summed E-state index contributed by atoms with van der Waals surface area (Å²) in [6.07, 6.45) is 0. The maximum atomic E-state index is 12.5. The summed E-state index contributed by atoms with van der Waals surface area (Å²) >= 11 is 8.03. The molecule has 1 heterocycles. The second-order valence-electron chi connectivity index (χ2n) is 11.8. The van der Waals surface area contributed by atoms with Crippen LogP contribution < -0.4 is 10.7 Å². The minimum atomic E-state index is -1.05. The van der Waals surface area contributed by atoms with Crippen molar-refractivity contribution in [2.45, 2.75) is 26.9 Å². The molecule has 0 bridgehead atoms. The first-order valence-electron chi connectivity index (χ1n) is 17.3. The van der Waals surface area contributed by atoms with Crippen LogP contribution in [0.3, 0.4) is 0 Å². The summed E-state index contributed by atoms with van der Waals surface area (Å²) in [7, 11) is 0. The molecule has 0 atom stereocenters. The number of hydrogen-bond acceptors (Lipinski definition) is 10. The fourth-order valence-corrected chi connectivity index (χ4v) is 9.61. The third-order valence-corrected chi connectivity index (χ3v) is 12.7. The van der Waals surface area contributed by atoms with E-state index in [1.807, 2.05) is 53.1 Å². The summed E-state index contributed by atoms with van der Waals surface area (Å²) in [5.41, 5.74) is 4.74. The second-order valence-corrected chi connectivity index (χ2v) is 17.1. The Morgan fingerprint density at radius 1 is 0.784 bits per heavy atom. The predicted octanol–water partition coefficient (Wildman–Crippen LogP) is 9.36. The molecule has 0 amide bonds. The number of carboxylic acids is 1. The molecule has 1 aliphatic carbocycles. The van der Waals surface area contributed by atoms with E-state index in [1.165, 1.54) is 40.7 Å². The van der Waals surface area contributed by atoms with Gasteiger partial charge in [-0.05, 0) is 59.0 Å². The van der Waals surface area contributed by atoms with Gasteiger partial charge in [0.25, 0.3) is 0 Å². The van der Waals surface area contributed by atoms with E-state index in [9.17, 15) is 19.8 Å². The van der Waals surface area contributed by atoms with E-state index in [2.05, 4.69) is 42.3 Å². The van der Waals surface area contributed by atoms with E-state index in [4.69, 9.17) is 4.42 Å². The number of rotatable bonds is 21. The van der Waals surface area contributed by atoms with Gasteiger partial charge in [0.1, 0.15) is 17.1 Å². The maximum Gasteiger partial charge on any atom is 0.336 e. The molecule has 0 spiro atoms. The summed E-state index contributed by atoms with van der Waals surface area (Å²) in [5, 5.41) is 25.5. The lowest BCUT2D eigenvalue weighted by atomic mass is 9.90. The van der Waals surface area contributed by atoms with Crippen molar-refractivity contribution in [2.24, 2.45) is 0 Å². The van der Waals surface area contributed by atoms with Crippen LogP contribution in [0.4, 0.5) is 5.69 Å². The van der Waals surface area contributed by atoms with E-state index in [-0.39, 0.29) is 23.3 Å². The zero-order valence-electron chi connectivity index (χ0n) is 29.2. The van der Waals surface area contributed by atoms with Crippen LogP contribution in [0, 0.1) is 0 Å². The quantitative estimate of drug-likeness (QED) is 0.0492. The molecule has 0 aromatic heterocycles. The average molecular weight is 763 g/mol. The summed E-state index contributed by atoms with van der Waals surface area (Å²) in [6.45, 7) is 7.50. The van der Waals surface area contributed by atoms with Crippen molar-refractivity contribution in [1.29, 1.82) is 0 Å². The molecular weight excluding hydrogens is 717 g/mol. The van der Waals surface area contributed by atoms with Crippen LogP contribution in [0.25, 0.3) is 33.4 Å². The number of para-hydroxylation sites is 1. The summed E-state index contributed by atoms with van der Waals surface area (Å²) < 4.78 is 6.38. The lowest BCUT2D eigenvalue weighted by molar-refractivity contribution is 0.0697. The number of phenolic OH excluding ortho intramolecular Hbond substituents is 1. The summed E-state index contributed by atoms with van der Waals surface area (Å²) in [5.74, 6) is 8.53. The Morgan fingerprint density at radius 3 is 2.16 bits per heavy atom. The fourth-order valence-electron chi connectivity index (χ4n) is 5.97. The highest BCUT2D eigenvalue weighted by molar-refractivity contribution is 8.03. The van der Waals surface area contributed by atoms with Gasteiger partial charge in [-0.2, -0.15) is 47.0 Å². The monoisotopic (exact) mass is 762 g/mol. The zero-order valence-corrected chi connectivity index (χ0v) is 32.5. The average Bonchev–Trinajstić information content (AvgIpc) is 3.13. The van der Waals surface area contributed by atoms with Crippen LogP contribution in [0.15, 0.2) is 88.1 Å². The van der Waals surface area contributed by atoms with Gasteiger partial charge >= 0.3 is 5.97 Å². The van der Waals surface area contributed by atoms with Gasteiger partial charge in [0, 0.05) is 89.0 Å². The third-order valence-electron chi connectivity index (χ3n) is 8.49. The summed E-state index contributed by atoms with van der Waals surface area (Å²) in [6, 6.07) is 23.0. The fraction of sp³-hybridized carbons (Fsp3) is 0.350. The first-order valence-corrected chi connectivity index (χ1v) is 21.9. The minimum absolute atomic E-state index is 0.0458. The Balaban J connectivity index is 1.43. The minimum Gasteiger partial charge on any atom is -0.507 e. The summed E-state index contributed by atoms with van der Waals surface area (Å²) in [4.78, 5) is 27.3. The van der Waals surface area contributed by atoms with Gasteiger partial charge in [-0.1, -0.05) is 50.2 Å². The molecule has 2 aliphatic rings. The SMILES string of the molecule is CCSCCSCCN(CCSCCSCC)Cc1ccccc1NCc1c(O)ccc2c(-c3ccccc3C(=O)O)c3ccc(=O)cc-3oc12. The molecule has 3 aromatic carbocycles. The number of hydrogen-bond donors (Lipinski definition) is 3. The molecule has 51 heavy (non-hydrogen) atoms. The molecule has 3 N–H and O–H groups in total. The molecule has 270 valence electrons. The van der Waals surface area contributed by atoms with E-state index in [0.29, 0.717) is 39.0 Å². The number of fused-ring (bicyclic) bond motifs is 2. The van der Waals surface area contributed by atoms with Crippen LogP contribution >= 0.6 is 47.0 Å². The van der Waals surface area contributed by atoms with Gasteiger partial charge < -0.3 is 19.9 Å². The van der Waals surface area contributed by atoms with E-state index in [0.717, 1.165) is 48.3 Å². The highest BCUT2D eigenvalue weighted by atomic mass is 32.2. The molecule has 7 nitrogen and oxygen atoms in total. The van der Waals surface area contributed by atoms with Gasteiger partial charge in [0.2, 0.25) is 0 Å². The van der Waals surface area contributed by atoms with Crippen LogP contribution in [-0.4, -0.2) is 80.2 Å². The van der Waals surface area contributed by atoms with Gasteiger partial charge in [-0.15, -0.1) is 0 Å². The van der Waals surface area contributed by atoms with Crippen molar-refractivity contribution < 1.29 is 19.4 Å². The Labute approximate surface area is 317 Å². The van der Waals surface area contributed by atoms with Crippen LogP contribution in [0.2, 0.25) is 0 Å². The van der Waals surface area contributed by atoms with Crippen LogP contribution in [-0.2, 0) is 13.1 Å². The number of aromatic hydroxyl groups is 1. The number of benzene rings is 4. The molecule has 11 heteroatoms. The number of aromatic carboxylic acids is 1. The van der Waals surface area contributed by atoms with Crippen molar-refractivity contribution in [3.63, 3.8) is 0 Å². The van der Waals surface area contributed by atoms with Gasteiger partial charge in [-0.3, -0.25) is 9.69 Å². The molecule has 0 saturated carbocycles. The first-order chi connectivity index (χ1) is 24.9. The second kappa shape index (κ2) is 20.1. The number of anilines is 1. The highest BCUT2D eigenvalue weighted by Crippen LogP contribution is 2.43. The first kappa shape index (κ1) is 39.0. The van der Waals surface area contributed by atoms with Gasteiger partial charge in [-0.25, -0.2) is 4.79 Å². The largest absolute Gasteiger partial charge is 0.507 e. The Hall–Kier alpha value is -3.22. The van der Waals surface area contributed by atoms with Crippen LogP contribution in [0.5, 0.6) is 5.75 Å². The molecule has 3 aromatic rings. The van der Waals surface area contributed by atoms with Gasteiger partial charge in [0.15, 0.2) is 5.43 Å². The Bertz CT molecular complexity index is 1900. The Morgan fingerprint density at radius 2 is 1.45 bits per heavy atom. The zero-order chi connectivity index (χ0) is 36.0. The van der Waals surface area contributed by atoms with Crippen molar-refractivity contribution in [3.05, 3.63) is 106 Å². The number of phenols is 1. The number of thioether (sulfide) groups is 4. The van der Waals surface area contributed by atoms with Crippen molar-refractivity contribution in [1.82, 2.24) is 4.90 Å². The maximum absolute atomic E-state index is 12.5. The topological polar surface area (TPSA) is 103 Å². The number of nitrogens with zero attached hydrogens (tertiary/aromatic N) is 1. The smallest absolute Gasteiger partial charge is 0.336 e. The molecule has 1 aliphatic heterocycles. The number of carboxylic acid groups (broad SMARTS) is 1. The molecule has 0 unspecified atom stereocenters. The van der Waals surface area contributed by atoms with Crippen molar-refractivity contribution in [3.8, 4) is 28.2 Å². The van der Waals surface area contributed by atoms with Crippen molar-refractivity contribution >= 4 is 69.7 Å². The third kappa shape index (κ3) is 10.7. The number of nitrogens with one attached hydrogen (secondary N) is 1. The molecule has 5 rings (SSSR count). The normalized spacial score (nSPS) is 11.5. The van der Waals surface area contributed by atoms with Gasteiger partial charge in [0.05, 0.1) is 11.1 Å². The molecular formula is C40H46N2O5S4. The van der Waals surface area contributed by atoms with Crippen LogP contribution in [0.1, 0.15) is 35.3 Å². The van der Waals surface area contributed by atoms with E-state index >= 15 is 0 Å². The lowest BCUT2D eigenvalue weighted by Gasteiger charge is -2.24. The molecule has 0 radical (unpaired) electrons. The van der Waals surface area contributed by atoms with E-state index < -0.39 is 5.97 Å². The highest BCUT2D eigenvalue weighted by Gasteiger charge is 2.24. The van der Waals surface area contributed by atoms with E-state index in [1.54, 1.807) is 42.5 Å². The predicted molar refractivity (Wildman–Crippen MR) is 223 cm³/mol. The molecule has 0 saturated heterocycles. The van der Waals surface area contributed by atoms with Crippen molar-refractivity contribution in [2.75, 3.05) is 64.4 Å². The lowest BCUT2D eigenvalue weighted by Crippen LogP contribution is -2.29. The number of carbonyl (C=O) groups is 1. The standard InChI is InChI=1S/C40H46N2O5S4/c1-3-48-21-23-50-19-17-42(18-20-51-24-22-49-4-2)27-28-9-5-8-12-35(28)41-26-34-36(44)16-15-33-38(30-10-6-7-11-31(30)40(45)46)32-14-13-29(43)25-37(32)47-39(33)34/h5-16,25,41,44H,3-4,17-24,26-27H2,1-2H3,(H,45,46). The molecule has 0 fully saturated rings.